The maximum absolute atomic E-state index is 12.3. The van der Waals surface area contributed by atoms with Crippen molar-refractivity contribution in [1.82, 2.24) is 5.32 Å². The molecule has 1 amide bonds. The molecule has 0 bridgehead atoms. The summed E-state index contributed by atoms with van der Waals surface area (Å²) in [5.74, 6) is 1.26. The Hall–Kier alpha value is -2.20. The van der Waals surface area contributed by atoms with Gasteiger partial charge in [0.2, 0.25) is 0 Å². The van der Waals surface area contributed by atoms with Gasteiger partial charge in [-0.05, 0) is 49.1 Å². The van der Waals surface area contributed by atoms with Gasteiger partial charge in [-0.1, -0.05) is 42.8 Å². The zero-order valence-electron chi connectivity index (χ0n) is 14.6. The number of methoxy groups -OCH3 is 1. The van der Waals surface area contributed by atoms with E-state index in [1.165, 1.54) is 5.56 Å². The molecule has 0 aliphatic rings. The van der Waals surface area contributed by atoms with E-state index in [1.54, 1.807) is 19.2 Å². The maximum atomic E-state index is 12.3. The number of halogens is 1. The number of amides is 1. The van der Waals surface area contributed by atoms with Gasteiger partial charge in [-0.3, -0.25) is 4.79 Å². The molecule has 0 fully saturated rings. The van der Waals surface area contributed by atoms with Crippen LogP contribution in [0.4, 0.5) is 0 Å². The molecule has 2 aromatic rings. The van der Waals surface area contributed by atoms with Crippen LogP contribution in [0.1, 0.15) is 25.3 Å². The van der Waals surface area contributed by atoms with Crippen molar-refractivity contribution in [1.29, 1.82) is 0 Å². The fraction of sp³-hybridized carbons (Fsp3) is 0.350. The molecule has 2 rings (SSSR count). The van der Waals surface area contributed by atoms with Crippen molar-refractivity contribution in [3.05, 3.63) is 59.1 Å². The Morgan fingerprint density at radius 3 is 2.72 bits per heavy atom. The van der Waals surface area contributed by atoms with Gasteiger partial charge in [-0.2, -0.15) is 0 Å². The van der Waals surface area contributed by atoms with Crippen molar-refractivity contribution < 1.29 is 14.3 Å². The lowest BCUT2D eigenvalue weighted by Crippen LogP contribution is -2.38. The summed E-state index contributed by atoms with van der Waals surface area (Å²) in [5.41, 5.74) is 1.19. The lowest BCUT2D eigenvalue weighted by atomic mass is 10.1. The van der Waals surface area contributed by atoms with Crippen molar-refractivity contribution in [2.75, 3.05) is 13.7 Å². The molecular formula is C20H24ClNO3. The molecule has 0 radical (unpaired) electrons. The minimum atomic E-state index is -0.545. The summed E-state index contributed by atoms with van der Waals surface area (Å²) < 4.78 is 11.0. The molecule has 0 aliphatic carbocycles. The molecule has 4 nitrogen and oxygen atoms in total. The summed E-state index contributed by atoms with van der Waals surface area (Å²) >= 11 is 6.08. The Kier molecular flexibility index (Phi) is 7.61. The average Bonchev–Trinajstić information content (AvgIpc) is 2.64. The standard InChI is InChI=1S/C20H24ClNO3/c1-3-18(25-19-12-5-4-11-17(19)21)20(23)22-13-7-9-15-8-6-10-16(14-15)24-2/h4-6,8,10-12,14,18H,3,7,9,13H2,1-2H3,(H,22,23). The monoisotopic (exact) mass is 361 g/mol. The summed E-state index contributed by atoms with van der Waals surface area (Å²) in [4.78, 5) is 12.3. The van der Waals surface area contributed by atoms with Gasteiger partial charge in [0.05, 0.1) is 12.1 Å². The van der Waals surface area contributed by atoms with E-state index >= 15 is 0 Å². The highest BCUT2D eigenvalue weighted by Gasteiger charge is 2.18. The summed E-state index contributed by atoms with van der Waals surface area (Å²) in [5, 5.41) is 3.44. The van der Waals surface area contributed by atoms with Gasteiger partial charge >= 0.3 is 0 Å². The van der Waals surface area contributed by atoms with Crippen LogP contribution in [0.25, 0.3) is 0 Å². The number of benzene rings is 2. The van der Waals surface area contributed by atoms with Gasteiger partial charge in [0.15, 0.2) is 6.10 Å². The summed E-state index contributed by atoms with van der Waals surface area (Å²) in [6, 6.07) is 15.1. The molecule has 1 atom stereocenters. The number of rotatable bonds is 9. The number of carbonyl (C=O) groups excluding carboxylic acids is 1. The maximum Gasteiger partial charge on any atom is 0.261 e. The molecule has 0 saturated heterocycles. The highest BCUT2D eigenvalue weighted by Crippen LogP contribution is 2.24. The van der Waals surface area contributed by atoms with E-state index in [1.807, 2.05) is 37.3 Å². The van der Waals surface area contributed by atoms with Crippen LogP contribution in [0.3, 0.4) is 0 Å². The number of hydrogen-bond donors (Lipinski definition) is 1. The minimum absolute atomic E-state index is 0.118. The smallest absolute Gasteiger partial charge is 0.261 e. The van der Waals surface area contributed by atoms with Crippen LogP contribution in [-0.4, -0.2) is 25.7 Å². The molecule has 1 unspecified atom stereocenters. The van der Waals surface area contributed by atoms with Crippen LogP contribution in [0, 0.1) is 0 Å². The molecule has 2 aromatic carbocycles. The van der Waals surface area contributed by atoms with Gasteiger partial charge in [-0.15, -0.1) is 0 Å². The summed E-state index contributed by atoms with van der Waals surface area (Å²) in [6.45, 7) is 2.51. The van der Waals surface area contributed by atoms with Gasteiger partial charge in [0, 0.05) is 6.54 Å². The van der Waals surface area contributed by atoms with E-state index in [4.69, 9.17) is 21.1 Å². The Bertz CT molecular complexity index is 690. The Balaban J connectivity index is 1.79. The van der Waals surface area contributed by atoms with Gasteiger partial charge < -0.3 is 14.8 Å². The molecule has 0 aliphatic heterocycles. The Morgan fingerprint density at radius 1 is 1.20 bits per heavy atom. The summed E-state index contributed by atoms with van der Waals surface area (Å²) in [7, 11) is 1.66. The van der Waals surface area contributed by atoms with Gasteiger partial charge in [0.1, 0.15) is 11.5 Å². The molecule has 0 saturated carbocycles. The number of para-hydroxylation sites is 1. The molecule has 0 aromatic heterocycles. The lowest BCUT2D eigenvalue weighted by molar-refractivity contribution is -0.128. The quantitative estimate of drug-likeness (QED) is 0.679. The molecule has 134 valence electrons. The first-order valence-corrected chi connectivity index (χ1v) is 8.83. The zero-order chi connectivity index (χ0) is 18.1. The molecule has 5 heteroatoms. The summed E-state index contributed by atoms with van der Waals surface area (Å²) in [6.07, 6.45) is 1.75. The van der Waals surface area contributed by atoms with E-state index in [-0.39, 0.29) is 5.91 Å². The van der Waals surface area contributed by atoms with Crippen molar-refractivity contribution in [2.45, 2.75) is 32.3 Å². The van der Waals surface area contributed by atoms with Crippen LogP contribution in [-0.2, 0) is 11.2 Å². The lowest BCUT2D eigenvalue weighted by Gasteiger charge is -2.18. The number of nitrogens with one attached hydrogen (secondary N) is 1. The average molecular weight is 362 g/mol. The second-order valence-electron chi connectivity index (χ2n) is 5.69. The van der Waals surface area contributed by atoms with Crippen LogP contribution in [0.15, 0.2) is 48.5 Å². The van der Waals surface area contributed by atoms with Crippen LogP contribution < -0.4 is 14.8 Å². The topological polar surface area (TPSA) is 47.6 Å². The van der Waals surface area contributed by atoms with E-state index in [2.05, 4.69) is 11.4 Å². The van der Waals surface area contributed by atoms with Crippen LogP contribution >= 0.6 is 11.6 Å². The fourth-order valence-corrected chi connectivity index (χ4v) is 2.64. The van der Waals surface area contributed by atoms with E-state index in [9.17, 15) is 4.79 Å². The van der Waals surface area contributed by atoms with E-state index in [0.717, 1.165) is 18.6 Å². The molecule has 25 heavy (non-hydrogen) atoms. The number of carbonyl (C=O) groups is 1. The number of hydrogen-bond acceptors (Lipinski definition) is 3. The molecule has 0 spiro atoms. The molecular weight excluding hydrogens is 338 g/mol. The highest BCUT2D eigenvalue weighted by molar-refractivity contribution is 6.32. The zero-order valence-corrected chi connectivity index (χ0v) is 15.4. The number of aryl methyl sites for hydroxylation is 1. The minimum Gasteiger partial charge on any atom is -0.497 e. The number of ether oxygens (including phenoxy) is 2. The first kappa shape index (κ1) is 19.1. The third-order valence-electron chi connectivity index (χ3n) is 3.84. The predicted molar refractivity (Wildman–Crippen MR) is 100 cm³/mol. The first-order valence-electron chi connectivity index (χ1n) is 8.46. The van der Waals surface area contributed by atoms with E-state index in [0.29, 0.717) is 23.7 Å². The Labute approximate surface area is 154 Å². The largest absolute Gasteiger partial charge is 0.497 e. The Morgan fingerprint density at radius 2 is 2.00 bits per heavy atom. The van der Waals surface area contributed by atoms with Gasteiger partial charge in [0.25, 0.3) is 5.91 Å². The molecule has 0 heterocycles. The van der Waals surface area contributed by atoms with Crippen molar-refractivity contribution in [3.8, 4) is 11.5 Å². The second-order valence-corrected chi connectivity index (χ2v) is 6.10. The normalized spacial score (nSPS) is 11.6. The van der Waals surface area contributed by atoms with Crippen molar-refractivity contribution in [3.63, 3.8) is 0 Å². The third kappa shape index (κ3) is 5.98. The molecule has 1 N–H and O–H groups in total. The van der Waals surface area contributed by atoms with E-state index < -0.39 is 6.10 Å². The third-order valence-corrected chi connectivity index (χ3v) is 4.16. The van der Waals surface area contributed by atoms with Crippen LogP contribution in [0.2, 0.25) is 5.02 Å². The highest BCUT2D eigenvalue weighted by atomic mass is 35.5. The second kappa shape index (κ2) is 9.94. The van der Waals surface area contributed by atoms with Crippen molar-refractivity contribution in [2.24, 2.45) is 0 Å². The first-order chi connectivity index (χ1) is 12.1. The SMILES string of the molecule is CCC(Oc1ccccc1Cl)C(=O)NCCCc1cccc(OC)c1. The predicted octanol–water partition coefficient (Wildman–Crippen LogP) is 4.26. The fourth-order valence-electron chi connectivity index (χ4n) is 2.46. The van der Waals surface area contributed by atoms with Crippen LogP contribution in [0.5, 0.6) is 11.5 Å². The van der Waals surface area contributed by atoms with Crippen molar-refractivity contribution >= 4 is 17.5 Å². The van der Waals surface area contributed by atoms with Gasteiger partial charge in [-0.25, -0.2) is 0 Å².